The molecule has 0 unspecified atom stereocenters. The Morgan fingerprint density at radius 3 is 2.62 bits per heavy atom. The molecule has 0 aliphatic carbocycles. The predicted molar refractivity (Wildman–Crippen MR) is 98.7 cm³/mol. The van der Waals surface area contributed by atoms with E-state index < -0.39 is 10.0 Å². The van der Waals surface area contributed by atoms with E-state index in [-0.39, 0.29) is 6.04 Å². The van der Waals surface area contributed by atoms with Crippen molar-refractivity contribution in [3.8, 4) is 0 Å². The van der Waals surface area contributed by atoms with Crippen LogP contribution in [0.1, 0.15) is 24.1 Å². The Bertz CT molecular complexity index is 791. The van der Waals surface area contributed by atoms with Crippen LogP contribution in [-0.4, -0.2) is 33.8 Å². The fourth-order valence-electron chi connectivity index (χ4n) is 2.29. The first-order chi connectivity index (χ1) is 11.2. The molecule has 2 rings (SSSR count). The molecule has 2 aromatic rings. The Morgan fingerprint density at radius 1 is 1.21 bits per heavy atom. The Labute approximate surface area is 144 Å². The van der Waals surface area contributed by atoms with E-state index >= 15 is 0 Å². The summed E-state index contributed by atoms with van der Waals surface area (Å²) in [5, 5.41) is 3.45. The van der Waals surface area contributed by atoms with Gasteiger partial charge < -0.3 is 10.2 Å². The van der Waals surface area contributed by atoms with Gasteiger partial charge >= 0.3 is 0 Å². The number of aromatic nitrogens is 1. The number of anilines is 2. The van der Waals surface area contributed by atoms with Gasteiger partial charge in [-0.05, 0) is 42.3 Å². The highest BCUT2D eigenvalue weighted by atomic mass is 32.2. The molecule has 2 N–H and O–H groups in total. The van der Waals surface area contributed by atoms with E-state index in [1.54, 1.807) is 12.3 Å². The summed E-state index contributed by atoms with van der Waals surface area (Å²) in [6.07, 6.45) is 2.95. The first-order valence-corrected chi connectivity index (χ1v) is 9.57. The lowest BCUT2D eigenvalue weighted by molar-refractivity contribution is 0.574. The van der Waals surface area contributed by atoms with Crippen molar-refractivity contribution >= 4 is 21.5 Å². The largest absolute Gasteiger partial charge is 0.363 e. The fraction of sp³-hybridized carbons (Fsp3) is 0.353. The van der Waals surface area contributed by atoms with Crippen LogP contribution >= 0.6 is 0 Å². The van der Waals surface area contributed by atoms with Crippen LogP contribution < -0.4 is 14.9 Å². The molecule has 1 aromatic carbocycles. The highest BCUT2D eigenvalue weighted by Gasteiger charge is 2.08. The van der Waals surface area contributed by atoms with Gasteiger partial charge in [0.1, 0.15) is 5.82 Å². The van der Waals surface area contributed by atoms with Crippen LogP contribution in [0.25, 0.3) is 0 Å². The summed E-state index contributed by atoms with van der Waals surface area (Å²) in [6.45, 7) is 2.75. The summed E-state index contributed by atoms with van der Waals surface area (Å²) in [6, 6.07) is 11.5. The maximum atomic E-state index is 11.3. The molecule has 0 saturated carbocycles. The van der Waals surface area contributed by atoms with E-state index in [9.17, 15) is 8.42 Å². The second kappa shape index (κ2) is 7.63. The third kappa shape index (κ3) is 5.50. The van der Waals surface area contributed by atoms with E-state index in [0.29, 0.717) is 12.2 Å². The number of nitrogens with zero attached hydrogens (tertiary/aromatic N) is 2. The molecule has 7 heteroatoms. The van der Waals surface area contributed by atoms with Crippen LogP contribution in [0.15, 0.2) is 42.6 Å². The normalized spacial score (nSPS) is 12.7. The molecular formula is C17H24N4O2S. The Balaban J connectivity index is 2.03. The summed E-state index contributed by atoms with van der Waals surface area (Å²) in [5.41, 5.74) is 2.74. The van der Waals surface area contributed by atoms with Crippen molar-refractivity contribution in [2.45, 2.75) is 19.5 Å². The van der Waals surface area contributed by atoms with Crippen molar-refractivity contribution < 1.29 is 8.42 Å². The van der Waals surface area contributed by atoms with Crippen molar-refractivity contribution in [2.75, 3.05) is 30.0 Å². The van der Waals surface area contributed by atoms with Crippen LogP contribution in [0.3, 0.4) is 0 Å². The summed E-state index contributed by atoms with van der Waals surface area (Å²) in [4.78, 5) is 6.27. The smallest absolute Gasteiger partial charge is 0.229 e. The standard InChI is InChI=1S/C17H24N4O2S/c1-13(15-6-5-7-16(11-15)20-24(4,22)23)19-12-14-8-9-18-17(10-14)21(2)3/h5-11,13,19-20H,12H2,1-4H3/t13-/m1/s1. The van der Waals surface area contributed by atoms with Crippen LogP contribution in [-0.2, 0) is 16.6 Å². The van der Waals surface area contributed by atoms with Gasteiger partial charge in [0.25, 0.3) is 0 Å². The average Bonchev–Trinajstić information content (AvgIpc) is 2.51. The molecule has 24 heavy (non-hydrogen) atoms. The summed E-state index contributed by atoms with van der Waals surface area (Å²) < 4.78 is 25.2. The molecular weight excluding hydrogens is 324 g/mol. The van der Waals surface area contributed by atoms with Gasteiger partial charge in [-0.2, -0.15) is 0 Å². The minimum atomic E-state index is -3.27. The maximum Gasteiger partial charge on any atom is 0.229 e. The van der Waals surface area contributed by atoms with Crippen LogP contribution in [0.5, 0.6) is 0 Å². The summed E-state index contributed by atoms with van der Waals surface area (Å²) in [5.74, 6) is 0.918. The first-order valence-electron chi connectivity index (χ1n) is 7.68. The molecule has 0 fully saturated rings. The zero-order valence-electron chi connectivity index (χ0n) is 14.4. The average molecular weight is 348 g/mol. The fourth-order valence-corrected chi connectivity index (χ4v) is 2.84. The predicted octanol–water partition coefficient (Wildman–Crippen LogP) is 2.37. The molecule has 1 heterocycles. The molecule has 0 saturated heterocycles. The maximum absolute atomic E-state index is 11.3. The number of hydrogen-bond donors (Lipinski definition) is 2. The summed E-state index contributed by atoms with van der Waals surface area (Å²) in [7, 11) is 0.652. The number of rotatable bonds is 7. The van der Waals surface area contributed by atoms with Gasteiger partial charge in [0.15, 0.2) is 0 Å². The lowest BCUT2D eigenvalue weighted by atomic mass is 10.1. The molecule has 0 spiro atoms. The van der Waals surface area contributed by atoms with Crippen molar-refractivity contribution in [1.82, 2.24) is 10.3 Å². The molecule has 0 bridgehead atoms. The lowest BCUT2D eigenvalue weighted by Gasteiger charge is -2.17. The molecule has 0 aliphatic heterocycles. The van der Waals surface area contributed by atoms with Gasteiger partial charge in [-0.1, -0.05) is 12.1 Å². The highest BCUT2D eigenvalue weighted by molar-refractivity contribution is 7.92. The van der Waals surface area contributed by atoms with E-state index in [2.05, 4.69) is 15.0 Å². The van der Waals surface area contributed by atoms with Crippen molar-refractivity contribution in [3.05, 3.63) is 53.7 Å². The number of pyridine rings is 1. The molecule has 0 radical (unpaired) electrons. The minimum Gasteiger partial charge on any atom is -0.363 e. The minimum absolute atomic E-state index is 0.0854. The Morgan fingerprint density at radius 2 is 1.96 bits per heavy atom. The van der Waals surface area contributed by atoms with Crippen LogP contribution in [0, 0.1) is 0 Å². The van der Waals surface area contributed by atoms with E-state index in [1.807, 2.05) is 56.3 Å². The molecule has 1 aromatic heterocycles. The molecule has 1 atom stereocenters. The quantitative estimate of drug-likeness (QED) is 0.803. The van der Waals surface area contributed by atoms with E-state index in [1.165, 1.54) is 0 Å². The summed E-state index contributed by atoms with van der Waals surface area (Å²) >= 11 is 0. The second-order valence-electron chi connectivity index (χ2n) is 6.02. The van der Waals surface area contributed by atoms with Crippen LogP contribution in [0.2, 0.25) is 0 Å². The monoisotopic (exact) mass is 348 g/mol. The number of hydrogen-bond acceptors (Lipinski definition) is 5. The SMILES string of the molecule is C[C@@H](NCc1ccnc(N(C)C)c1)c1cccc(NS(C)(=O)=O)c1. The van der Waals surface area contributed by atoms with Gasteiger partial charge in [0, 0.05) is 38.6 Å². The van der Waals surface area contributed by atoms with Crippen molar-refractivity contribution in [1.29, 1.82) is 0 Å². The van der Waals surface area contributed by atoms with Gasteiger partial charge in [-0.25, -0.2) is 13.4 Å². The topological polar surface area (TPSA) is 74.3 Å². The third-order valence-corrected chi connectivity index (χ3v) is 4.18. The van der Waals surface area contributed by atoms with Crippen LogP contribution in [0.4, 0.5) is 11.5 Å². The number of benzene rings is 1. The lowest BCUT2D eigenvalue weighted by Crippen LogP contribution is -2.19. The zero-order valence-corrected chi connectivity index (χ0v) is 15.3. The third-order valence-electron chi connectivity index (χ3n) is 3.57. The first kappa shape index (κ1) is 18.2. The van der Waals surface area contributed by atoms with Gasteiger partial charge in [-0.15, -0.1) is 0 Å². The second-order valence-corrected chi connectivity index (χ2v) is 7.77. The molecule has 6 nitrogen and oxygen atoms in total. The number of sulfonamides is 1. The molecule has 0 amide bonds. The van der Waals surface area contributed by atoms with E-state index in [4.69, 9.17) is 0 Å². The van der Waals surface area contributed by atoms with E-state index in [0.717, 1.165) is 23.2 Å². The number of nitrogens with one attached hydrogen (secondary N) is 2. The van der Waals surface area contributed by atoms with Crippen molar-refractivity contribution in [3.63, 3.8) is 0 Å². The Kier molecular flexibility index (Phi) is 5.80. The van der Waals surface area contributed by atoms with Gasteiger partial charge in [0.2, 0.25) is 10.0 Å². The van der Waals surface area contributed by atoms with Gasteiger partial charge in [0.05, 0.1) is 6.26 Å². The van der Waals surface area contributed by atoms with Gasteiger partial charge in [-0.3, -0.25) is 4.72 Å². The van der Waals surface area contributed by atoms with Crippen molar-refractivity contribution in [2.24, 2.45) is 0 Å². The Hall–Kier alpha value is -2.12. The molecule has 130 valence electrons. The highest BCUT2D eigenvalue weighted by Crippen LogP contribution is 2.19. The molecule has 0 aliphatic rings. The zero-order chi connectivity index (χ0) is 17.7.